The predicted molar refractivity (Wildman–Crippen MR) is 71.5 cm³/mol. The fraction of sp³-hybridized carbons (Fsp3) is 0.417. The second-order valence-corrected chi connectivity index (χ2v) is 4.69. The zero-order valence-electron chi connectivity index (χ0n) is 10.9. The molecule has 0 fully saturated rings. The van der Waals surface area contributed by atoms with Crippen LogP contribution in [0.2, 0.25) is 5.02 Å². The third-order valence-corrected chi connectivity index (χ3v) is 2.87. The van der Waals surface area contributed by atoms with Crippen molar-refractivity contribution >= 4 is 23.2 Å². The van der Waals surface area contributed by atoms with Gasteiger partial charge in [0.05, 0.1) is 4.92 Å². The Labute approximate surface area is 116 Å². The molecule has 1 aromatic carbocycles. The highest BCUT2D eigenvalue weighted by atomic mass is 35.5. The first-order chi connectivity index (χ1) is 8.82. The molecule has 0 atom stereocenters. The molecule has 104 valence electrons. The van der Waals surface area contributed by atoms with Crippen LogP contribution in [0.1, 0.15) is 13.8 Å². The summed E-state index contributed by atoms with van der Waals surface area (Å²) in [5.41, 5.74) is -0.218. The van der Waals surface area contributed by atoms with Crippen LogP contribution in [0.15, 0.2) is 18.2 Å². The van der Waals surface area contributed by atoms with Gasteiger partial charge in [-0.05, 0) is 19.9 Å². The van der Waals surface area contributed by atoms with E-state index < -0.39 is 4.92 Å². The minimum absolute atomic E-state index is 0.0111. The molecule has 1 rings (SSSR count). The maximum atomic E-state index is 11.7. The first-order valence-corrected chi connectivity index (χ1v) is 6.03. The van der Waals surface area contributed by atoms with E-state index in [1.807, 2.05) is 13.8 Å². The van der Waals surface area contributed by atoms with E-state index in [2.05, 4.69) is 0 Å². The fourth-order valence-corrected chi connectivity index (χ4v) is 1.45. The molecule has 19 heavy (non-hydrogen) atoms. The molecule has 1 aromatic rings. The van der Waals surface area contributed by atoms with Gasteiger partial charge in [0.15, 0.2) is 12.4 Å². The molecule has 7 heteroatoms. The van der Waals surface area contributed by atoms with Gasteiger partial charge in [-0.1, -0.05) is 11.6 Å². The lowest BCUT2D eigenvalue weighted by molar-refractivity contribution is -0.385. The van der Waals surface area contributed by atoms with Gasteiger partial charge in [0.25, 0.3) is 5.91 Å². The topological polar surface area (TPSA) is 72.7 Å². The van der Waals surface area contributed by atoms with Crippen molar-refractivity contribution in [1.29, 1.82) is 0 Å². The van der Waals surface area contributed by atoms with Crippen LogP contribution in [-0.2, 0) is 4.79 Å². The molecular formula is C12H15ClN2O4. The zero-order chi connectivity index (χ0) is 14.6. The number of carbonyl (C=O) groups excluding carboxylic acids is 1. The molecule has 0 spiro atoms. The summed E-state index contributed by atoms with van der Waals surface area (Å²) in [5, 5.41) is 11.1. The average Bonchev–Trinajstić information content (AvgIpc) is 2.34. The molecule has 1 amide bonds. The highest BCUT2D eigenvalue weighted by molar-refractivity contribution is 6.30. The quantitative estimate of drug-likeness (QED) is 0.616. The third-order valence-electron chi connectivity index (χ3n) is 2.64. The Morgan fingerprint density at radius 2 is 2.16 bits per heavy atom. The molecular weight excluding hydrogens is 272 g/mol. The molecule has 0 aliphatic rings. The summed E-state index contributed by atoms with van der Waals surface area (Å²) in [6.45, 7) is 3.45. The van der Waals surface area contributed by atoms with E-state index in [4.69, 9.17) is 16.3 Å². The normalized spacial score (nSPS) is 10.4. The highest BCUT2D eigenvalue weighted by Crippen LogP contribution is 2.29. The van der Waals surface area contributed by atoms with Crippen molar-refractivity contribution in [2.75, 3.05) is 13.7 Å². The molecule has 0 heterocycles. The smallest absolute Gasteiger partial charge is 0.311 e. The minimum atomic E-state index is -0.581. The van der Waals surface area contributed by atoms with Gasteiger partial charge in [-0.25, -0.2) is 0 Å². The Kier molecular flexibility index (Phi) is 5.11. The molecule has 0 unspecified atom stereocenters. The Bertz CT molecular complexity index is 491. The van der Waals surface area contributed by atoms with Gasteiger partial charge < -0.3 is 9.64 Å². The molecule has 6 nitrogen and oxygen atoms in total. The van der Waals surface area contributed by atoms with E-state index in [0.29, 0.717) is 5.02 Å². The van der Waals surface area contributed by atoms with E-state index in [9.17, 15) is 14.9 Å². The van der Waals surface area contributed by atoms with Gasteiger partial charge >= 0.3 is 5.69 Å². The average molecular weight is 287 g/mol. The highest BCUT2D eigenvalue weighted by Gasteiger charge is 2.18. The number of nitrogens with zero attached hydrogens (tertiary/aromatic N) is 2. The summed E-state index contributed by atoms with van der Waals surface area (Å²) >= 11 is 5.75. The second kappa shape index (κ2) is 6.38. The van der Waals surface area contributed by atoms with Crippen LogP contribution in [0.4, 0.5) is 5.69 Å². The Morgan fingerprint density at radius 1 is 1.53 bits per heavy atom. The first-order valence-electron chi connectivity index (χ1n) is 5.65. The molecule has 0 saturated heterocycles. The Morgan fingerprint density at radius 3 is 2.68 bits per heavy atom. The predicted octanol–water partition coefficient (Wildman–Crippen LogP) is 2.49. The molecule has 0 saturated carbocycles. The van der Waals surface area contributed by atoms with Crippen LogP contribution in [0.5, 0.6) is 5.75 Å². The van der Waals surface area contributed by atoms with Crippen LogP contribution < -0.4 is 4.74 Å². The van der Waals surface area contributed by atoms with E-state index in [0.717, 1.165) is 0 Å². The van der Waals surface area contributed by atoms with Gasteiger partial charge in [0.2, 0.25) is 0 Å². The van der Waals surface area contributed by atoms with Crippen molar-refractivity contribution in [1.82, 2.24) is 4.90 Å². The molecule has 0 aromatic heterocycles. The zero-order valence-corrected chi connectivity index (χ0v) is 11.7. The van der Waals surface area contributed by atoms with Crippen molar-refractivity contribution in [2.24, 2.45) is 0 Å². The fourth-order valence-electron chi connectivity index (χ4n) is 1.28. The maximum Gasteiger partial charge on any atom is 0.311 e. The summed E-state index contributed by atoms with van der Waals surface area (Å²) in [4.78, 5) is 23.4. The lowest BCUT2D eigenvalue weighted by Crippen LogP contribution is -2.36. The monoisotopic (exact) mass is 286 g/mol. The van der Waals surface area contributed by atoms with Crippen molar-refractivity contribution in [3.8, 4) is 5.75 Å². The Balaban J connectivity index is 2.80. The van der Waals surface area contributed by atoms with E-state index >= 15 is 0 Å². The summed E-state index contributed by atoms with van der Waals surface area (Å²) in [5.74, 6) is -0.271. The lowest BCUT2D eigenvalue weighted by Gasteiger charge is -2.21. The van der Waals surface area contributed by atoms with Crippen LogP contribution in [-0.4, -0.2) is 35.4 Å². The number of likely N-dealkylation sites (N-methyl/N-ethyl adjacent to an activating group) is 1. The second-order valence-electron chi connectivity index (χ2n) is 4.26. The SMILES string of the molecule is CC(C)N(C)C(=O)COc1cc(Cl)ccc1[N+](=O)[O-]. The maximum absolute atomic E-state index is 11.7. The van der Waals surface area contributed by atoms with Crippen LogP contribution in [0.3, 0.4) is 0 Å². The number of amides is 1. The van der Waals surface area contributed by atoms with E-state index in [-0.39, 0.29) is 30.0 Å². The van der Waals surface area contributed by atoms with E-state index in [1.165, 1.54) is 23.1 Å². The number of carbonyl (C=O) groups is 1. The molecule has 0 radical (unpaired) electrons. The summed E-state index contributed by atoms with van der Waals surface area (Å²) in [6.07, 6.45) is 0. The molecule has 0 aliphatic carbocycles. The summed E-state index contributed by atoms with van der Waals surface area (Å²) in [7, 11) is 1.64. The largest absolute Gasteiger partial charge is 0.477 e. The van der Waals surface area contributed by atoms with Crippen molar-refractivity contribution in [2.45, 2.75) is 19.9 Å². The standard InChI is InChI=1S/C12H15ClN2O4/c1-8(2)14(3)12(16)7-19-11-6-9(13)4-5-10(11)15(17)18/h4-6,8H,7H2,1-3H3. The van der Waals surface area contributed by atoms with Gasteiger partial charge in [-0.3, -0.25) is 14.9 Å². The summed E-state index contributed by atoms with van der Waals surface area (Å²) < 4.78 is 5.20. The van der Waals surface area contributed by atoms with Gasteiger partial charge in [-0.2, -0.15) is 0 Å². The molecule has 0 bridgehead atoms. The number of hydrogen-bond acceptors (Lipinski definition) is 4. The van der Waals surface area contributed by atoms with E-state index in [1.54, 1.807) is 7.05 Å². The lowest BCUT2D eigenvalue weighted by atomic mass is 10.3. The summed E-state index contributed by atoms with van der Waals surface area (Å²) in [6, 6.07) is 4.00. The third kappa shape index (κ3) is 4.10. The molecule has 0 N–H and O–H groups in total. The number of nitro groups is 1. The Hall–Kier alpha value is -1.82. The number of rotatable bonds is 5. The number of ether oxygens (including phenoxy) is 1. The van der Waals surface area contributed by atoms with Crippen molar-refractivity contribution < 1.29 is 14.5 Å². The first kappa shape index (κ1) is 15.2. The number of nitro benzene ring substituents is 1. The van der Waals surface area contributed by atoms with Gasteiger partial charge in [0, 0.05) is 30.2 Å². The minimum Gasteiger partial charge on any atom is -0.477 e. The number of hydrogen-bond donors (Lipinski definition) is 0. The van der Waals surface area contributed by atoms with Crippen molar-refractivity contribution in [3.05, 3.63) is 33.3 Å². The van der Waals surface area contributed by atoms with Crippen molar-refractivity contribution in [3.63, 3.8) is 0 Å². The van der Waals surface area contributed by atoms with Crippen LogP contribution >= 0.6 is 11.6 Å². The number of halogens is 1. The van der Waals surface area contributed by atoms with Gasteiger partial charge in [0.1, 0.15) is 0 Å². The number of benzene rings is 1. The molecule has 0 aliphatic heterocycles. The van der Waals surface area contributed by atoms with Crippen LogP contribution in [0, 0.1) is 10.1 Å². The van der Waals surface area contributed by atoms with Crippen LogP contribution in [0.25, 0.3) is 0 Å². The van der Waals surface area contributed by atoms with Gasteiger partial charge in [-0.15, -0.1) is 0 Å².